The van der Waals surface area contributed by atoms with Crippen LogP contribution in [0.25, 0.3) is 0 Å². The molecule has 0 saturated heterocycles. The molecule has 82 valence electrons. The van der Waals surface area contributed by atoms with Crippen molar-refractivity contribution < 1.29 is 19.5 Å². The van der Waals surface area contributed by atoms with Gasteiger partial charge in [-0.15, -0.1) is 0 Å². The number of rotatable bonds is 3. The van der Waals surface area contributed by atoms with Gasteiger partial charge in [-0.25, -0.2) is 0 Å². The van der Waals surface area contributed by atoms with Gasteiger partial charge in [0.15, 0.2) is 0 Å². The highest BCUT2D eigenvalue weighted by atomic mass is 31.2. The Bertz CT molecular complexity index is 159. The van der Waals surface area contributed by atoms with E-state index in [1.54, 1.807) is 4.90 Å². The number of hydrogen-bond acceptors (Lipinski definition) is 4. The molecule has 0 bridgehead atoms. The Balaban J connectivity index is 0. The summed E-state index contributed by atoms with van der Waals surface area (Å²) in [5.41, 5.74) is 4.54. The fourth-order valence-corrected chi connectivity index (χ4v) is 0.365. The minimum atomic E-state index is -3.87. The van der Waals surface area contributed by atoms with Crippen LogP contribution in [0, 0.1) is 0 Å². The molecule has 0 rings (SSSR count). The Morgan fingerprint density at radius 2 is 1.77 bits per heavy atom. The predicted molar refractivity (Wildman–Crippen MR) is 51.1 cm³/mol. The van der Waals surface area contributed by atoms with E-state index in [0.29, 0.717) is 0 Å². The van der Waals surface area contributed by atoms with Crippen molar-refractivity contribution in [1.82, 2.24) is 4.90 Å². The molecule has 0 aromatic rings. The van der Waals surface area contributed by atoms with E-state index >= 15 is 0 Å². The van der Waals surface area contributed by atoms with Crippen molar-refractivity contribution in [3.05, 3.63) is 0 Å². The topological polar surface area (TPSA) is 107 Å². The van der Waals surface area contributed by atoms with Crippen molar-refractivity contribution in [1.29, 1.82) is 0 Å². The minimum absolute atomic E-state index is 0.264. The molecule has 5 N–H and O–H groups in total. The van der Waals surface area contributed by atoms with Crippen LogP contribution in [0.5, 0.6) is 0 Å². The highest BCUT2D eigenvalue weighted by Crippen LogP contribution is 2.30. The normalized spacial score (nSPS) is 13.5. The van der Waals surface area contributed by atoms with Gasteiger partial charge in [0.1, 0.15) is 6.23 Å². The summed E-state index contributed by atoms with van der Waals surface area (Å²) in [6.07, 6.45) is -0.0278. The summed E-state index contributed by atoms with van der Waals surface area (Å²) < 4.78 is 9.57. The smallest absolute Gasteiger partial charge is 0.338 e. The number of nitrogens with two attached hydrogens (primary N) is 1. The van der Waals surface area contributed by atoms with E-state index in [1.807, 2.05) is 21.0 Å². The lowest BCUT2D eigenvalue weighted by molar-refractivity contribution is 0.0377. The lowest BCUT2D eigenvalue weighted by atomic mass is 10.4. The second kappa shape index (κ2) is 7.44. The van der Waals surface area contributed by atoms with E-state index in [9.17, 15) is 4.57 Å². The standard InChI is InChI=1S/C5H13NO.CH6NO3P/c1-4-5(7)6(2)3;2-1-6(3,4)5/h5,7H,4H2,1-3H3;1-2H2,(H2,3,4,5). The molecule has 0 aliphatic carbocycles. The highest BCUT2D eigenvalue weighted by Gasteiger charge is 2.05. The molecule has 7 heteroatoms. The third kappa shape index (κ3) is 14.8. The van der Waals surface area contributed by atoms with Crippen molar-refractivity contribution in [3.8, 4) is 0 Å². The zero-order chi connectivity index (χ0) is 11.1. The molecule has 1 unspecified atom stereocenters. The fraction of sp³-hybridized carbons (Fsp3) is 1.00. The lowest BCUT2D eigenvalue weighted by Gasteiger charge is -2.15. The van der Waals surface area contributed by atoms with Crippen LogP contribution in [0.1, 0.15) is 13.3 Å². The molecule has 0 amide bonds. The van der Waals surface area contributed by atoms with Gasteiger partial charge in [0, 0.05) is 0 Å². The molecule has 0 spiro atoms. The van der Waals surface area contributed by atoms with Gasteiger partial charge in [-0.2, -0.15) is 0 Å². The summed E-state index contributed by atoms with van der Waals surface area (Å²) in [6.45, 7) is 1.95. The van der Waals surface area contributed by atoms with E-state index < -0.39 is 13.9 Å². The van der Waals surface area contributed by atoms with Crippen molar-refractivity contribution >= 4 is 7.60 Å². The van der Waals surface area contributed by atoms with Crippen LogP contribution >= 0.6 is 7.60 Å². The summed E-state index contributed by atoms with van der Waals surface area (Å²) >= 11 is 0. The number of hydrogen-bond donors (Lipinski definition) is 4. The van der Waals surface area contributed by atoms with Gasteiger partial charge in [0.25, 0.3) is 0 Å². The molecule has 0 aliphatic heterocycles. The summed E-state index contributed by atoms with van der Waals surface area (Å²) in [4.78, 5) is 17.4. The van der Waals surface area contributed by atoms with Crippen LogP contribution in [0.2, 0.25) is 0 Å². The monoisotopic (exact) mass is 214 g/mol. The SMILES string of the molecule is CCC(O)N(C)C.NCP(=O)(O)O. The number of nitrogens with zero attached hydrogens (tertiary/aromatic N) is 1. The molecule has 0 aromatic carbocycles. The third-order valence-corrected chi connectivity index (χ3v) is 1.67. The van der Waals surface area contributed by atoms with Crippen molar-refractivity contribution in [2.45, 2.75) is 19.6 Å². The summed E-state index contributed by atoms with van der Waals surface area (Å²) in [7, 11) is -0.158. The van der Waals surface area contributed by atoms with Crippen LogP contribution < -0.4 is 5.73 Å². The molecule has 0 fully saturated rings. The van der Waals surface area contributed by atoms with Gasteiger partial charge in [0.2, 0.25) is 0 Å². The Hall–Kier alpha value is 0.0300. The second-order valence-electron chi connectivity index (χ2n) is 2.70. The lowest BCUT2D eigenvalue weighted by Crippen LogP contribution is -2.26. The van der Waals surface area contributed by atoms with Crippen molar-refractivity contribution in [2.75, 3.05) is 20.4 Å². The van der Waals surface area contributed by atoms with Gasteiger partial charge >= 0.3 is 7.60 Å². The predicted octanol–water partition coefficient (Wildman–Crippen LogP) is -0.643. The Labute approximate surface area is 78.5 Å². The molecule has 0 aliphatic rings. The number of aliphatic hydroxyl groups excluding tert-OH is 1. The van der Waals surface area contributed by atoms with Crippen LogP contribution in [-0.4, -0.2) is 46.4 Å². The third-order valence-electron chi connectivity index (χ3n) is 1.20. The number of aliphatic hydroxyl groups is 1. The van der Waals surface area contributed by atoms with E-state index in [2.05, 4.69) is 5.73 Å². The van der Waals surface area contributed by atoms with Crippen molar-refractivity contribution in [2.24, 2.45) is 5.73 Å². The maximum Gasteiger partial charge on any atom is 0.338 e. The van der Waals surface area contributed by atoms with E-state index in [-0.39, 0.29) is 6.23 Å². The zero-order valence-electron chi connectivity index (χ0n) is 8.21. The van der Waals surface area contributed by atoms with Gasteiger partial charge in [-0.3, -0.25) is 9.46 Å². The van der Waals surface area contributed by atoms with Crippen LogP contribution in [0.4, 0.5) is 0 Å². The molecule has 0 saturated carbocycles. The van der Waals surface area contributed by atoms with E-state index in [4.69, 9.17) is 14.9 Å². The molecule has 1 atom stereocenters. The zero-order valence-corrected chi connectivity index (χ0v) is 9.11. The fourth-order valence-electron chi connectivity index (χ4n) is 0.365. The van der Waals surface area contributed by atoms with Gasteiger partial charge in [-0.05, 0) is 20.5 Å². The Kier molecular flexibility index (Phi) is 8.87. The maximum absolute atomic E-state index is 9.57. The first-order chi connectivity index (χ1) is 5.74. The van der Waals surface area contributed by atoms with E-state index in [1.165, 1.54) is 0 Å². The molecular weight excluding hydrogens is 195 g/mol. The van der Waals surface area contributed by atoms with E-state index in [0.717, 1.165) is 6.42 Å². The minimum Gasteiger partial charge on any atom is -0.378 e. The maximum atomic E-state index is 9.57. The quantitative estimate of drug-likeness (QED) is 0.367. The summed E-state index contributed by atoms with van der Waals surface area (Å²) in [6, 6.07) is 0. The van der Waals surface area contributed by atoms with Gasteiger partial charge in [0.05, 0.1) is 6.29 Å². The van der Waals surface area contributed by atoms with Gasteiger partial charge in [-0.1, -0.05) is 6.92 Å². The molecule has 0 aromatic heterocycles. The highest BCUT2D eigenvalue weighted by molar-refractivity contribution is 7.51. The largest absolute Gasteiger partial charge is 0.378 e. The first-order valence-corrected chi connectivity index (χ1v) is 5.63. The van der Waals surface area contributed by atoms with Crippen LogP contribution in [0.3, 0.4) is 0 Å². The van der Waals surface area contributed by atoms with Crippen LogP contribution in [-0.2, 0) is 4.57 Å². The van der Waals surface area contributed by atoms with Gasteiger partial charge < -0.3 is 20.6 Å². The molecule has 13 heavy (non-hydrogen) atoms. The first-order valence-electron chi connectivity index (χ1n) is 3.83. The molecular formula is C6H19N2O4P. The average Bonchev–Trinajstić information content (AvgIpc) is 2.02. The molecule has 6 nitrogen and oxygen atoms in total. The molecule has 0 heterocycles. The second-order valence-corrected chi connectivity index (χ2v) is 4.39. The van der Waals surface area contributed by atoms with Crippen LogP contribution in [0.15, 0.2) is 0 Å². The van der Waals surface area contributed by atoms with Crippen molar-refractivity contribution in [3.63, 3.8) is 0 Å². The summed E-state index contributed by atoms with van der Waals surface area (Å²) in [5.74, 6) is 0. The Morgan fingerprint density at radius 3 is 1.77 bits per heavy atom. The summed E-state index contributed by atoms with van der Waals surface area (Å²) in [5, 5.41) is 8.86. The first kappa shape index (κ1) is 15.5. The molecule has 0 radical (unpaired) electrons. The Morgan fingerprint density at radius 1 is 1.46 bits per heavy atom. The average molecular weight is 214 g/mol.